The first-order valence-corrected chi connectivity index (χ1v) is 10.8. The SMILES string of the molecule is Cc1ccc(Oc2ccccc2C(=O)N[C@H]2CO[C@H]3[C@@H]2OC[C@@H]3NC(=O)C2CC2)cc1. The second kappa shape index (κ2) is 8.32. The third-order valence-electron chi connectivity index (χ3n) is 6.03. The number of aryl methyl sites for hydroxylation is 1. The van der Waals surface area contributed by atoms with E-state index >= 15 is 0 Å². The van der Waals surface area contributed by atoms with Gasteiger partial charge in [-0.2, -0.15) is 0 Å². The number of hydrogen-bond acceptors (Lipinski definition) is 5. The normalized spacial score (nSPS) is 26.9. The molecule has 2 aromatic carbocycles. The first-order valence-electron chi connectivity index (χ1n) is 10.8. The molecule has 5 rings (SSSR count). The van der Waals surface area contributed by atoms with Crippen LogP contribution in [0.5, 0.6) is 11.5 Å². The molecule has 0 unspecified atom stereocenters. The first kappa shape index (κ1) is 20.0. The number of rotatable bonds is 6. The molecule has 2 N–H and O–H groups in total. The molecule has 1 saturated carbocycles. The van der Waals surface area contributed by atoms with E-state index in [9.17, 15) is 9.59 Å². The van der Waals surface area contributed by atoms with Gasteiger partial charge in [0.25, 0.3) is 5.91 Å². The van der Waals surface area contributed by atoms with Crippen LogP contribution in [0.15, 0.2) is 48.5 Å². The predicted octanol–water partition coefficient (Wildman–Crippen LogP) is 2.58. The Morgan fingerprint density at radius 1 is 0.903 bits per heavy atom. The third kappa shape index (κ3) is 4.29. The van der Waals surface area contributed by atoms with Crippen LogP contribution in [0.4, 0.5) is 0 Å². The Kier molecular flexibility index (Phi) is 5.38. The lowest BCUT2D eigenvalue weighted by Gasteiger charge is -2.19. The van der Waals surface area contributed by atoms with Crippen LogP contribution >= 0.6 is 0 Å². The van der Waals surface area contributed by atoms with Gasteiger partial charge in [0.1, 0.15) is 23.7 Å². The van der Waals surface area contributed by atoms with Crippen molar-refractivity contribution in [2.24, 2.45) is 5.92 Å². The fraction of sp³-hybridized carbons (Fsp3) is 0.417. The Bertz CT molecular complexity index is 972. The molecule has 2 amide bonds. The lowest BCUT2D eigenvalue weighted by Crippen LogP contribution is -2.47. The van der Waals surface area contributed by atoms with E-state index in [1.807, 2.05) is 37.3 Å². The summed E-state index contributed by atoms with van der Waals surface area (Å²) in [5, 5.41) is 6.07. The molecule has 0 aromatic heterocycles. The van der Waals surface area contributed by atoms with Gasteiger partial charge in [0.2, 0.25) is 5.91 Å². The molecule has 1 aliphatic carbocycles. The van der Waals surface area contributed by atoms with Gasteiger partial charge in [0.15, 0.2) is 0 Å². The Balaban J connectivity index is 1.24. The van der Waals surface area contributed by atoms with Gasteiger partial charge in [-0.15, -0.1) is 0 Å². The fourth-order valence-corrected chi connectivity index (χ4v) is 4.12. The number of carbonyl (C=O) groups is 2. The number of nitrogens with one attached hydrogen (secondary N) is 2. The van der Waals surface area contributed by atoms with Crippen LogP contribution in [0.2, 0.25) is 0 Å². The number of fused-ring (bicyclic) bond motifs is 1. The number of carbonyl (C=O) groups excluding carboxylic acids is 2. The Hall–Kier alpha value is -2.90. The summed E-state index contributed by atoms with van der Waals surface area (Å²) in [7, 11) is 0. The van der Waals surface area contributed by atoms with E-state index in [0.717, 1.165) is 18.4 Å². The largest absolute Gasteiger partial charge is 0.457 e. The maximum absolute atomic E-state index is 13.0. The fourth-order valence-electron chi connectivity index (χ4n) is 4.12. The molecular weight excluding hydrogens is 396 g/mol. The highest BCUT2D eigenvalue weighted by atomic mass is 16.6. The number of hydrogen-bond donors (Lipinski definition) is 2. The third-order valence-corrected chi connectivity index (χ3v) is 6.03. The summed E-state index contributed by atoms with van der Waals surface area (Å²) >= 11 is 0. The molecule has 0 bridgehead atoms. The monoisotopic (exact) mass is 422 g/mol. The van der Waals surface area contributed by atoms with Gasteiger partial charge in [-0.25, -0.2) is 0 Å². The van der Waals surface area contributed by atoms with Crippen molar-refractivity contribution in [3.63, 3.8) is 0 Å². The van der Waals surface area contributed by atoms with Crippen LogP contribution in [0.3, 0.4) is 0 Å². The van der Waals surface area contributed by atoms with Crippen LogP contribution < -0.4 is 15.4 Å². The topological polar surface area (TPSA) is 85.9 Å². The summed E-state index contributed by atoms with van der Waals surface area (Å²) in [4.78, 5) is 25.1. The molecule has 162 valence electrons. The summed E-state index contributed by atoms with van der Waals surface area (Å²) < 4.78 is 17.7. The van der Waals surface area contributed by atoms with Crippen molar-refractivity contribution >= 4 is 11.8 Å². The molecule has 4 atom stereocenters. The lowest BCUT2D eigenvalue weighted by molar-refractivity contribution is -0.123. The minimum Gasteiger partial charge on any atom is -0.457 e. The second-order valence-electron chi connectivity index (χ2n) is 8.48. The molecule has 2 heterocycles. The van der Waals surface area contributed by atoms with E-state index in [0.29, 0.717) is 30.3 Å². The van der Waals surface area contributed by atoms with Crippen molar-refractivity contribution in [1.82, 2.24) is 10.6 Å². The smallest absolute Gasteiger partial charge is 0.255 e. The van der Waals surface area contributed by atoms with Crippen LogP contribution in [0.25, 0.3) is 0 Å². The van der Waals surface area contributed by atoms with Gasteiger partial charge in [-0.1, -0.05) is 29.8 Å². The summed E-state index contributed by atoms with van der Waals surface area (Å²) in [5.74, 6) is 1.13. The quantitative estimate of drug-likeness (QED) is 0.747. The molecule has 7 nitrogen and oxygen atoms in total. The molecule has 2 saturated heterocycles. The van der Waals surface area contributed by atoms with Crippen molar-refractivity contribution in [1.29, 1.82) is 0 Å². The van der Waals surface area contributed by atoms with E-state index in [2.05, 4.69) is 10.6 Å². The first-order chi connectivity index (χ1) is 15.1. The zero-order valence-electron chi connectivity index (χ0n) is 17.4. The summed E-state index contributed by atoms with van der Waals surface area (Å²) in [6.07, 6.45) is 1.39. The average molecular weight is 422 g/mol. The molecule has 3 fully saturated rings. The molecule has 7 heteroatoms. The zero-order valence-corrected chi connectivity index (χ0v) is 17.4. The molecule has 31 heavy (non-hydrogen) atoms. The highest BCUT2D eigenvalue weighted by Gasteiger charge is 2.49. The van der Waals surface area contributed by atoms with Gasteiger partial charge < -0.3 is 24.8 Å². The van der Waals surface area contributed by atoms with E-state index < -0.39 is 0 Å². The number of benzene rings is 2. The van der Waals surface area contributed by atoms with Crippen LogP contribution in [-0.2, 0) is 14.3 Å². The van der Waals surface area contributed by atoms with Crippen molar-refractivity contribution in [2.75, 3.05) is 13.2 Å². The van der Waals surface area contributed by atoms with Crippen LogP contribution in [0, 0.1) is 12.8 Å². The predicted molar refractivity (Wildman–Crippen MR) is 113 cm³/mol. The molecule has 2 aromatic rings. The van der Waals surface area contributed by atoms with Gasteiger partial charge in [0.05, 0.1) is 30.9 Å². The van der Waals surface area contributed by atoms with Crippen molar-refractivity contribution in [3.05, 3.63) is 59.7 Å². The number of ether oxygens (including phenoxy) is 3. The zero-order chi connectivity index (χ0) is 21.4. The van der Waals surface area contributed by atoms with Crippen molar-refractivity contribution < 1.29 is 23.8 Å². The number of para-hydroxylation sites is 1. The molecular formula is C24H26N2O5. The average Bonchev–Trinajstić information content (AvgIpc) is 3.45. The van der Waals surface area contributed by atoms with Gasteiger partial charge in [-0.05, 0) is 44.0 Å². The van der Waals surface area contributed by atoms with E-state index in [4.69, 9.17) is 14.2 Å². The second-order valence-corrected chi connectivity index (χ2v) is 8.48. The summed E-state index contributed by atoms with van der Waals surface area (Å²) in [6.45, 7) is 2.75. The lowest BCUT2D eigenvalue weighted by atomic mass is 10.1. The molecule has 3 aliphatic rings. The molecule has 0 spiro atoms. The van der Waals surface area contributed by atoms with Crippen molar-refractivity contribution in [2.45, 2.75) is 44.1 Å². The maximum atomic E-state index is 13.0. The van der Waals surface area contributed by atoms with E-state index in [-0.39, 0.29) is 42.0 Å². The standard InChI is InChI=1S/C24H26N2O5/c1-14-6-10-16(11-7-14)31-20-5-3-2-4-17(20)24(28)26-19-13-30-21-18(12-29-22(19)21)25-23(27)15-8-9-15/h2-7,10-11,15,18-19,21-22H,8-9,12-13H2,1H3,(H,25,27)(H,26,28)/t18-,19-,21+,22+/m0/s1. The van der Waals surface area contributed by atoms with Gasteiger partial charge >= 0.3 is 0 Å². The van der Waals surface area contributed by atoms with E-state index in [1.54, 1.807) is 18.2 Å². The Morgan fingerprint density at radius 2 is 1.55 bits per heavy atom. The summed E-state index contributed by atoms with van der Waals surface area (Å²) in [5.41, 5.74) is 1.58. The van der Waals surface area contributed by atoms with Crippen LogP contribution in [0.1, 0.15) is 28.8 Å². The highest BCUT2D eigenvalue weighted by Crippen LogP contribution is 2.32. The van der Waals surface area contributed by atoms with Crippen molar-refractivity contribution in [3.8, 4) is 11.5 Å². The highest BCUT2D eigenvalue weighted by molar-refractivity contribution is 5.97. The molecule has 2 aliphatic heterocycles. The Labute approximate surface area is 181 Å². The van der Waals surface area contributed by atoms with Gasteiger partial charge in [0, 0.05) is 5.92 Å². The minimum atomic E-state index is -0.284. The van der Waals surface area contributed by atoms with Gasteiger partial charge in [-0.3, -0.25) is 9.59 Å². The summed E-state index contributed by atoms with van der Waals surface area (Å²) in [6, 6.07) is 14.4. The molecule has 0 radical (unpaired) electrons. The number of amides is 2. The van der Waals surface area contributed by atoms with Crippen LogP contribution in [-0.4, -0.2) is 49.3 Å². The Morgan fingerprint density at radius 3 is 2.23 bits per heavy atom. The minimum absolute atomic E-state index is 0.0764. The van der Waals surface area contributed by atoms with E-state index in [1.165, 1.54) is 0 Å². The maximum Gasteiger partial charge on any atom is 0.255 e.